The van der Waals surface area contributed by atoms with Gasteiger partial charge in [0.05, 0.1) is 18.9 Å². The Bertz CT molecular complexity index is 520. The molecule has 100 valence electrons. The number of hydrogen-bond donors (Lipinski definition) is 0. The van der Waals surface area contributed by atoms with E-state index < -0.39 is 6.04 Å². The quantitative estimate of drug-likeness (QED) is 0.747. The van der Waals surface area contributed by atoms with Gasteiger partial charge in [-0.3, -0.25) is 4.79 Å². The zero-order chi connectivity index (χ0) is 13.6. The lowest BCUT2D eigenvalue weighted by Gasteiger charge is -2.26. The van der Waals surface area contributed by atoms with Crippen molar-refractivity contribution in [2.45, 2.75) is 6.04 Å². The van der Waals surface area contributed by atoms with Crippen LogP contribution in [0.5, 0.6) is 0 Å². The van der Waals surface area contributed by atoms with E-state index in [-0.39, 0.29) is 18.5 Å². The second-order valence-corrected chi connectivity index (χ2v) is 5.24. The molecule has 1 aromatic carbocycles. The SMILES string of the molecule is O=C1C2COCCN2C(=O)N1c1cc(Cl)cc(Cl)c1. The number of imide groups is 1. The first-order valence-electron chi connectivity index (χ1n) is 5.76. The molecule has 0 saturated carbocycles. The van der Waals surface area contributed by atoms with Gasteiger partial charge in [0.2, 0.25) is 0 Å². The summed E-state index contributed by atoms with van der Waals surface area (Å²) in [5, 5.41) is 0.758. The van der Waals surface area contributed by atoms with Gasteiger partial charge in [-0.05, 0) is 18.2 Å². The van der Waals surface area contributed by atoms with E-state index in [2.05, 4.69) is 0 Å². The Kier molecular flexibility index (Phi) is 3.12. The normalized spacial score (nSPS) is 22.9. The monoisotopic (exact) mass is 300 g/mol. The fourth-order valence-corrected chi connectivity index (χ4v) is 2.83. The number of fused-ring (bicyclic) bond motifs is 1. The molecule has 2 heterocycles. The van der Waals surface area contributed by atoms with Gasteiger partial charge in [0.15, 0.2) is 0 Å². The number of urea groups is 1. The summed E-state index contributed by atoms with van der Waals surface area (Å²) in [6.45, 7) is 1.09. The average Bonchev–Trinajstić information content (AvgIpc) is 2.61. The molecule has 0 spiro atoms. The van der Waals surface area contributed by atoms with Crippen LogP contribution < -0.4 is 4.90 Å². The van der Waals surface area contributed by atoms with Crippen molar-refractivity contribution in [2.75, 3.05) is 24.7 Å². The van der Waals surface area contributed by atoms with Crippen LogP contribution in [-0.4, -0.2) is 42.6 Å². The molecule has 1 unspecified atom stereocenters. The summed E-state index contributed by atoms with van der Waals surface area (Å²) in [6.07, 6.45) is 0. The molecule has 7 heteroatoms. The minimum Gasteiger partial charge on any atom is -0.377 e. The predicted molar refractivity (Wildman–Crippen MR) is 70.7 cm³/mol. The molecular formula is C12H10Cl2N2O3. The standard InChI is InChI=1S/C12H10Cl2N2O3/c13-7-3-8(14)5-9(4-7)16-11(17)10-6-19-2-1-15(10)12(16)18/h3-5,10H,1-2,6H2. The maximum Gasteiger partial charge on any atom is 0.332 e. The minimum absolute atomic E-state index is 0.232. The van der Waals surface area contributed by atoms with Crippen LogP contribution in [0.1, 0.15) is 0 Å². The molecule has 3 rings (SSSR count). The van der Waals surface area contributed by atoms with Crippen molar-refractivity contribution in [3.8, 4) is 0 Å². The van der Waals surface area contributed by atoms with Crippen LogP contribution in [0.15, 0.2) is 18.2 Å². The lowest BCUT2D eigenvalue weighted by molar-refractivity contribution is -0.123. The Hall–Kier alpha value is -1.30. The molecule has 0 radical (unpaired) electrons. The van der Waals surface area contributed by atoms with Gasteiger partial charge < -0.3 is 9.64 Å². The summed E-state index contributed by atoms with van der Waals surface area (Å²) in [5.41, 5.74) is 0.391. The van der Waals surface area contributed by atoms with Crippen molar-refractivity contribution in [3.05, 3.63) is 28.2 Å². The molecule has 0 N–H and O–H groups in total. The minimum atomic E-state index is -0.543. The lowest BCUT2D eigenvalue weighted by atomic mass is 10.2. The third-order valence-electron chi connectivity index (χ3n) is 3.18. The zero-order valence-corrected chi connectivity index (χ0v) is 11.3. The number of hydrogen-bond acceptors (Lipinski definition) is 3. The van der Waals surface area contributed by atoms with E-state index in [9.17, 15) is 9.59 Å². The average molecular weight is 301 g/mol. The predicted octanol–water partition coefficient (Wildman–Crippen LogP) is 2.16. The van der Waals surface area contributed by atoms with Crippen molar-refractivity contribution in [2.24, 2.45) is 0 Å². The van der Waals surface area contributed by atoms with Crippen molar-refractivity contribution in [1.29, 1.82) is 0 Å². The van der Waals surface area contributed by atoms with Gasteiger partial charge in [-0.25, -0.2) is 9.69 Å². The van der Waals surface area contributed by atoms with E-state index >= 15 is 0 Å². The summed E-state index contributed by atoms with van der Waals surface area (Å²) < 4.78 is 5.24. The van der Waals surface area contributed by atoms with Crippen molar-refractivity contribution < 1.29 is 14.3 Å². The molecule has 5 nitrogen and oxygen atoms in total. The number of ether oxygens (including phenoxy) is 1. The maximum atomic E-state index is 12.3. The van der Waals surface area contributed by atoms with Crippen LogP contribution in [0.25, 0.3) is 0 Å². The van der Waals surface area contributed by atoms with Crippen LogP contribution in [-0.2, 0) is 9.53 Å². The Labute approximate surface area is 119 Å². The summed E-state index contributed by atoms with van der Waals surface area (Å²) in [4.78, 5) is 27.2. The number of anilines is 1. The fourth-order valence-electron chi connectivity index (χ4n) is 2.32. The van der Waals surface area contributed by atoms with Crippen LogP contribution in [0.3, 0.4) is 0 Å². The topological polar surface area (TPSA) is 49.9 Å². The molecular weight excluding hydrogens is 291 g/mol. The first-order chi connectivity index (χ1) is 9.08. The smallest absolute Gasteiger partial charge is 0.332 e. The number of carbonyl (C=O) groups excluding carboxylic acids is 2. The van der Waals surface area contributed by atoms with E-state index in [1.165, 1.54) is 4.90 Å². The zero-order valence-electron chi connectivity index (χ0n) is 9.81. The van der Waals surface area contributed by atoms with E-state index in [0.717, 1.165) is 4.90 Å². The molecule has 0 bridgehead atoms. The van der Waals surface area contributed by atoms with Gasteiger partial charge in [-0.2, -0.15) is 0 Å². The largest absolute Gasteiger partial charge is 0.377 e. The number of amides is 3. The second-order valence-electron chi connectivity index (χ2n) is 4.37. The number of benzene rings is 1. The molecule has 1 atom stereocenters. The van der Waals surface area contributed by atoms with Gasteiger partial charge in [0.1, 0.15) is 6.04 Å². The lowest BCUT2D eigenvalue weighted by Crippen LogP contribution is -2.45. The first kappa shape index (κ1) is 12.7. The molecule has 2 saturated heterocycles. The summed E-state index contributed by atoms with van der Waals surface area (Å²) in [6, 6.07) is 3.75. The first-order valence-corrected chi connectivity index (χ1v) is 6.52. The van der Waals surface area contributed by atoms with E-state index in [1.54, 1.807) is 18.2 Å². The van der Waals surface area contributed by atoms with Crippen LogP contribution >= 0.6 is 23.2 Å². The number of carbonyl (C=O) groups is 2. The highest BCUT2D eigenvalue weighted by molar-refractivity contribution is 6.35. The van der Waals surface area contributed by atoms with Gasteiger partial charge in [0, 0.05) is 16.6 Å². The van der Waals surface area contributed by atoms with Crippen molar-refractivity contribution in [1.82, 2.24) is 4.90 Å². The summed E-state index contributed by atoms with van der Waals surface area (Å²) in [7, 11) is 0. The van der Waals surface area contributed by atoms with Crippen LogP contribution in [0, 0.1) is 0 Å². The second kappa shape index (κ2) is 4.67. The van der Waals surface area contributed by atoms with Crippen molar-refractivity contribution in [3.63, 3.8) is 0 Å². The van der Waals surface area contributed by atoms with E-state index in [4.69, 9.17) is 27.9 Å². The molecule has 19 heavy (non-hydrogen) atoms. The number of rotatable bonds is 1. The van der Waals surface area contributed by atoms with Crippen LogP contribution in [0.2, 0.25) is 10.0 Å². The third-order valence-corrected chi connectivity index (χ3v) is 3.61. The Morgan fingerprint density at radius 3 is 2.47 bits per heavy atom. The third kappa shape index (κ3) is 2.08. The van der Waals surface area contributed by atoms with Gasteiger partial charge >= 0.3 is 6.03 Å². The fraction of sp³-hybridized carbons (Fsp3) is 0.333. The van der Waals surface area contributed by atoms with Crippen LogP contribution in [0.4, 0.5) is 10.5 Å². The molecule has 2 fully saturated rings. The molecule has 2 aliphatic heterocycles. The van der Waals surface area contributed by atoms with Gasteiger partial charge in [-0.15, -0.1) is 0 Å². The maximum absolute atomic E-state index is 12.3. The number of nitrogens with zero attached hydrogens (tertiary/aromatic N) is 2. The molecule has 0 aromatic heterocycles. The number of morpholine rings is 1. The molecule has 1 aromatic rings. The Morgan fingerprint density at radius 1 is 1.16 bits per heavy atom. The molecule has 0 aliphatic carbocycles. The number of halogens is 2. The van der Waals surface area contributed by atoms with Gasteiger partial charge in [-0.1, -0.05) is 23.2 Å². The summed E-state index contributed by atoms with van der Waals surface area (Å²) in [5.74, 6) is -0.303. The highest BCUT2D eigenvalue weighted by atomic mass is 35.5. The van der Waals surface area contributed by atoms with E-state index in [1.807, 2.05) is 0 Å². The molecule has 2 aliphatic rings. The summed E-state index contributed by atoms with van der Waals surface area (Å²) >= 11 is 11.8. The van der Waals surface area contributed by atoms with Crippen molar-refractivity contribution >= 4 is 40.8 Å². The van der Waals surface area contributed by atoms with E-state index in [0.29, 0.717) is 28.9 Å². The Morgan fingerprint density at radius 2 is 1.84 bits per heavy atom. The highest BCUT2D eigenvalue weighted by Crippen LogP contribution is 2.31. The van der Waals surface area contributed by atoms with Gasteiger partial charge in [0.25, 0.3) is 5.91 Å². The molecule has 3 amide bonds. The highest BCUT2D eigenvalue weighted by Gasteiger charge is 2.47. The Balaban J connectivity index is 2.00.